The van der Waals surface area contributed by atoms with E-state index in [4.69, 9.17) is 0 Å². The van der Waals surface area contributed by atoms with Gasteiger partial charge in [0.2, 0.25) is 0 Å². The van der Waals surface area contributed by atoms with E-state index < -0.39 is 0 Å². The van der Waals surface area contributed by atoms with E-state index in [1.807, 2.05) is 5.38 Å². The Kier molecular flexibility index (Phi) is 2.65. The highest BCUT2D eigenvalue weighted by molar-refractivity contribution is 7.03. The summed E-state index contributed by atoms with van der Waals surface area (Å²) in [5.41, 5.74) is 1.10. The lowest BCUT2D eigenvalue weighted by atomic mass is 10.3. The quantitative estimate of drug-likeness (QED) is 0.699. The average molecular weight is 184 g/mol. The van der Waals surface area contributed by atoms with Crippen LogP contribution in [0.25, 0.3) is 0 Å². The van der Waals surface area contributed by atoms with E-state index in [2.05, 4.69) is 19.8 Å². The van der Waals surface area contributed by atoms with Crippen molar-refractivity contribution < 1.29 is 0 Å². The Balaban J connectivity index is 1.86. The molecule has 4 nitrogen and oxygen atoms in total. The van der Waals surface area contributed by atoms with Crippen molar-refractivity contribution in [1.29, 1.82) is 0 Å². The Bertz CT molecular complexity index is 217. The predicted molar refractivity (Wildman–Crippen MR) is 48.1 cm³/mol. The van der Waals surface area contributed by atoms with Gasteiger partial charge in [-0.1, -0.05) is 4.49 Å². The molecule has 0 spiro atoms. The fourth-order valence-electron chi connectivity index (χ4n) is 1.35. The van der Waals surface area contributed by atoms with Crippen LogP contribution in [0.4, 0.5) is 0 Å². The maximum Gasteiger partial charge on any atom is 0.0895 e. The maximum absolute atomic E-state index is 4.02. The third-order valence-electron chi connectivity index (χ3n) is 2.00. The van der Waals surface area contributed by atoms with Crippen LogP contribution in [0.2, 0.25) is 0 Å². The molecule has 1 aromatic heterocycles. The van der Waals surface area contributed by atoms with Crippen LogP contribution >= 0.6 is 11.5 Å². The molecule has 12 heavy (non-hydrogen) atoms. The molecule has 0 bridgehead atoms. The van der Waals surface area contributed by atoms with E-state index in [1.165, 1.54) is 11.5 Å². The Morgan fingerprint density at radius 3 is 3.00 bits per heavy atom. The zero-order valence-corrected chi connectivity index (χ0v) is 7.68. The Morgan fingerprint density at radius 2 is 2.33 bits per heavy atom. The lowest BCUT2D eigenvalue weighted by Gasteiger charge is -2.25. The molecule has 2 rings (SSSR count). The van der Waals surface area contributed by atoms with Crippen molar-refractivity contribution in [3.63, 3.8) is 0 Å². The zero-order chi connectivity index (χ0) is 8.23. The number of nitrogens with one attached hydrogen (secondary N) is 1. The van der Waals surface area contributed by atoms with Gasteiger partial charge in [0.25, 0.3) is 0 Å². The Labute approximate surface area is 75.7 Å². The maximum atomic E-state index is 4.02. The van der Waals surface area contributed by atoms with Crippen LogP contribution < -0.4 is 5.32 Å². The van der Waals surface area contributed by atoms with Crippen molar-refractivity contribution in [3.05, 3.63) is 11.1 Å². The molecule has 0 radical (unpaired) electrons. The highest BCUT2D eigenvalue weighted by atomic mass is 32.1. The largest absolute Gasteiger partial charge is 0.314 e. The molecule has 0 amide bonds. The van der Waals surface area contributed by atoms with Gasteiger partial charge in [0.05, 0.1) is 5.69 Å². The molecule has 1 aromatic rings. The van der Waals surface area contributed by atoms with Gasteiger partial charge in [0, 0.05) is 38.1 Å². The van der Waals surface area contributed by atoms with Crippen molar-refractivity contribution in [2.24, 2.45) is 0 Å². The predicted octanol–water partition coefficient (Wildman–Crippen LogP) is -0.0567. The van der Waals surface area contributed by atoms with Gasteiger partial charge in [-0.2, -0.15) is 0 Å². The number of rotatable bonds is 2. The first kappa shape index (κ1) is 8.10. The lowest BCUT2D eigenvalue weighted by molar-refractivity contribution is 0.230. The molecule has 0 aromatic carbocycles. The fraction of sp³-hybridized carbons (Fsp3) is 0.714. The molecule has 1 aliphatic heterocycles. The van der Waals surface area contributed by atoms with Crippen LogP contribution in [-0.2, 0) is 6.54 Å². The molecule has 0 saturated carbocycles. The third kappa shape index (κ3) is 2.00. The minimum absolute atomic E-state index is 0.957. The minimum Gasteiger partial charge on any atom is -0.314 e. The molecular weight excluding hydrogens is 172 g/mol. The fourth-order valence-corrected chi connectivity index (χ4v) is 1.79. The molecule has 2 heterocycles. The second kappa shape index (κ2) is 3.93. The molecule has 1 fully saturated rings. The van der Waals surface area contributed by atoms with Gasteiger partial charge in [-0.25, -0.2) is 0 Å². The number of hydrogen-bond acceptors (Lipinski definition) is 5. The number of hydrogen-bond donors (Lipinski definition) is 1. The molecular formula is C7H12N4S. The summed E-state index contributed by atoms with van der Waals surface area (Å²) < 4.78 is 3.84. The summed E-state index contributed by atoms with van der Waals surface area (Å²) in [6.07, 6.45) is 0. The van der Waals surface area contributed by atoms with Gasteiger partial charge in [-0.3, -0.25) is 4.90 Å². The smallest absolute Gasteiger partial charge is 0.0895 e. The molecule has 66 valence electrons. The van der Waals surface area contributed by atoms with Crippen molar-refractivity contribution in [2.45, 2.75) is 6.54 Å². The van der Waals surface area contributed by atoms with E-state index in [0.29, 0.717) is 0 Å². The molecule has 1 aliphatic rings. The van der Waals surface area contributed by atoms with Crippen LogP contribution in [0.3, 0.4) is 0 Å². The van der Waals surface area contributed by atoms with Crippen LogP contribution in [0.5, 0.6) is 0 Å². The van der Waals surface area contributed by atoms with Crippen LogP contribution in [0.15, 0.2) is 5.38 Å². The summed E-state index contributed by atoms with van der Waals surface area (Å²) >= 11 is 1.42. The number of nitrogens with zero attached hydrogens (tertiary/aromatic N) is 3. The molecule has 1 N–H and O–H groups in total. The van der Waals surface area contributed by atoms with E-state index >= 15 is 0 Å². The van der Waals surface area contributed by atoms with Crippen molar-refractivity contribution in [3.8, 4) is 0 Å². The molecule has 0 aliphatic carbocycles. The monoisotopic (exact) mass is 184 g/mol. The van der Waals surface area contributed by atoms with Gasteiger partial charge in [0.15, 0.2) is 0 Å². The van der Waals surface area contributed by atoms with E-state index in [0.717, 1.165) is 38.4 Å². The third-order valence-corrected chi connectivity index (χ3v) is 2.55. The lowest BCUT2D eigenvalue weighted by Crippen LogP contribution is -2.42. The van der Waals surface area contributed by atoms with Crippen molar-refractivity contribution >= 4 is 11.5 Å². The van der Waals surface area contributed by atoms with Gasteiger partial charge in [-0.05, 0) is 11.5 Å². The number of aromatic nitrogens is 2. The van der Waals surface area contributed by atoms with Crippen molar-refractivity contribution in [2.75, 3.05) is 26.2 Å². The first-order chi connectivity index (χ1) is 5.95. The van der Waals surface area contributed by atoms with Gasteiger partial charge in [0.1, 0.15) is 0 Å². The zero-order valence-electron chi connectivity index (χ0n) is 6.86. The standard InChI is InChI=1S/C7H12N4S/c1-3-11(4-2-8-1)5-7-6-12-10-9-7/h6,8H,1-5H2. The summed E-state index contributed by atoms with van der Waals surface area (Å²) in [5, 5.41) is 9.35. The van der Waals surface area contributed by atoms with Crippen molar-refractivity contribution in [1.82, 2.24) is 19.8 Å². The number of piperazine rings is 1. The summed E-state index contributed by atoms with van der Waals surface area (Å²) in [6, 6.07) is 0. The summed E-state index contributed by atoms with van der Waals surface area (Å²) in [5.74, 6) is 0. The molecule has 1 saturated heterocycles. The normalized spacial score (nSPS) is 19.7. The van der Waals surface area contributed by atoms with Gasteiger partial charge < -0.3 is 5.32 Å². The minimum atomic E-state index is 0.957. The van der Waals surface area contributed by atoms with E-state index in [1.54, 1.807) is 0 Å². The van der Waals surface area contributed by atoms with Crippen LogP contribution in [0.1, 0.15) is 5.69 Å². The van der Waals surface area contributed by atoms with Crippen LogP contribution in [0, 0.1) is 0 Å². The first-order valence-electron chi connectivity index (χ1n) is 4.14. The summed E-state index contributed by atoms with van der Waals surface area (Å²) in [6.45, 7) is 5.39. The molecule has 0 unspecified atom stereocenters. The first-order valence-corrected chi connectivity index (χ1v) is 4.98. The Hall–Kier alpha value is -0.520. The second-order valence-electron chi connectivity index (χ2n) is 2.92. The highest BCUT2D eigenvalue weighted by Crippen LogP contribution is 2.03. The topological polar surface area (TPSA) is 41.1 Å². The van der Waals surface area contributed by atoms with Gasteiger partial charge >= 0.3 is 0 Å². The van der Waals surface area contributed by atoms with E-state index in [9.17, 15) is 0 Å². The average Bonchev–Trinajstić information content (AvgIpc) is 2.59. The molecule has 0 atom stereocenters. The Morgan fingerprint density at radius 1 is 1.50 bits per heavy atom. The SMILES string of the molecule is c1snnc1CN1CCNCC1. The van der Waals surface area contributed by atoms with Gasteiger partial charge in [-0.15, -0.1) is 5.10 Å². The van der Waals surface area contributed by atoms with E-state index in [-0.39, 0.29) is 0 Å². The highest BCUT2D eigenvalue weighted by Gasteiger charge is 2.10. The molecule has 5 heteroatoms. The summed E-state index contributed by atoms with van der Waals surface area (Å²) in [7, 11) is 0. The van der Waals surface area contributed by atoms with Crippen LogP contribution in [-0.4, -0.2) is 40.7 Å². The second-order valence-corrected chi connectivity index (χ2v) is 3.53. The summed E-state index contributed by atoms with van der Waals surface area (Å²) in [4.78, 5) is 2.40.